The monoisotopic (exact) mass is 312 g/mol. The highest BCUT2D eigenvalue weighted by atomic mass is 35.5. The second-order valence-electron chi connectivity index (χ2n) is 5.44. The molecule has 0 spiro atoms. The molecule has 1 amide bonds. The number of halogens is 1. The van der Waals surface area contributed by atoms with E-state index in [0.717, 1.165) is 27.8 Å². The Morgan fingerprint density at radius 1 is 1.14 bits per heavy atom. The maximum absolute atomic E-state index is 12.4. The van der Waals surface area contributed by atoms with Gasteiger partial charge in [-0.25, -0.2) is 0 Å². The fraction of sp³-hybridized carbons (Fsp3) is 0.167. The Balaban J connectivity index is 1.84. The molecule has 1 N–H and O–H groups in total. The van der Waals surface area contributed by atoms with Gasteiger partial charge in [0.1, 0.15) is 6.54 Å². The molecule has 0 bridgehead atoms. The van der Waals surface area contributed by atoms with Crippen LogP contribution in [0.4, 0.5) is 5.69 Å². The van der Waals surface area contributed by atoms with Crippen LogP contribution in [0.25, 0.3) is 10.9 Å². The Morgan fingerprint density at radius 2 is 1.91 bits per heavy atom. The number of nitrogens with zero attached hydrogens (tertiary/aromatic N) is 1. The fourth-order valence-corrected chi connectivity index (χ4v) is 2.79. The second-order valence-corrected chi connectivity index (χ2v) is 5.87. The lowest BCUT2D eigenvalue weighted by Crippen LogP contribution is -2.19. The number of rotatable bonds is 3. The average molecular weight is 313 g/mol. The molecule has 1 aromatic heterocycles. The van der Waals surface area contributed by atoms with Crippen molar-refractivity contribution in [1.29, 1.82) is 0 Å². The van der Waals surface area contributed by atoms with Crippen LogP contribution >= 0.6 is 11.6 Å². The smallest absolute Gasteiger partial charge is 0.244 e. The molecule has 0 saturated heterocycles. The van der Waals surface area contributed by atoms with E-state index in [9.17, 15) is 4.79 Å². The van der Waals surface area contributed by atoms with Crippen molar-refractivity contribution in [3.8, 4) is 0 Å². The van der Waals surface area contributed by atoms with Crippen molar-refractivity contribution < 1.29 is 4.79 Å². The average Bonchev–Trinajstić information content (AvgIpc) is 2.79. The second kappa shape index (κ2) is 5.85. The summed E-state index contributed by atoms with van der Waals surface area (Å²) in [6, 6.07) is 15.6. The number of aryl methyl sites for hydroxylation is 2. The first-order chi connectivity index (χ1) is 10.5. The van der Waals surface area contributed by atoms with Gasteiger partial charge in [0.05, 0.1) is 0 Å². The van der Waals surface area contributed by atoms with Crippen molar-refractivity contribution in [3.63, 3.8) is 0 Å². The lowest BCUT2D eigenvalue weighted by Gasteiger charge is -2.11. The first-order valence-electron chi connectivity index (χ1n) is 7.15. The van der Waals surface area contributed by atoms with Crippen LogP contribution in [-0.4, -0.2) is 10.5 Å². The molecule has 0 unspecified atom stereocenters. The van der Waals surface area contributed by atoms with Gasteiger partial charge in [0.2, 0.25) is 5.91 Å². The minimum absolute atomic E-state index is 0.0604. The quantitative estimate of drug-likeness (QED) is 0.756. The molecular weight excluding hydrogens is 296 g/mol. The third kappa shape index (κ3) is 2.85. The molecule has 0 aliphatic rings. The fourth-order valence-electron chi connectivity index (χ4n) is 2.62. The number of fused-ring (bicyclic) bond motifs is 1. The van der Waals surface area contributed by atoms with Gasteiger partial charge in [0.15, 0.2) is 0 Å². The van der Waals surface area contributed by atoms with E-state index < -0.39 is 0 Å². The third-order valence-corrected chi connectivity index (χ3v) is 4.03. The molecule has 0 atom stereocenters. The van der Waals surface area contributed by atoms with Gasteiger partial charge < -0.3 is 9.88 Å². The molecule has 0 aliphatic carbocycles. The largest absolute Gasteiger partial charge is 0.335 e. The molecule has 1 heterocycles. The molecule has 3 rings (SSSR count). The summed E-state index contributed by atoms with van der Waals surface area (Å²) < 4.78 is 2.02. The van der Waals surface area contributed by atoms with Crippen LogP contribution in [0.15, 0.2) is 48.5 Å². The first kappa shape index (κ1) is 14.7. The van der Waals surface area contributed by atoms with Gasteiger partial charge in [-0.15, -0.1) is 0 Å². The maximum Gasteiger partial charge on any atom is 0.244 e. The summed E-state index contributed by atoms with van der Waals surface area (Å²) in [5.41, 5.74) is 3.88. The van der Waals surface area contributed by atoms with Gasteiger partial charge in [0.25, 0.3) is 0 Å². The molecule has 2 aromatic carbocycles. The Labute approximate surface area is 134 Å². The lowest BCUT2D eigenvalue weighted by atomic mass is 10.2. The van der Waals surface area contributed by atoms with Crippen molar-refractivity contribution in [2.24, 2.45) is 0 Å². The van der Waals surface area contributed by atoms with Crippen LogP contribution in [0, 0.1) is 13.8 Å². The number of benzene rings is 2. The molecule has 4 heteroatoms. The number of anilines is 1. The molecule has 3 nitrogen and oxygen atoms in total. The van der Waals surface area contributed by atoms with Gasteiger partial charge >= 0.3 is 0 Å². The van der Waals surface area contributed by atoms with Crippen molar-refractivity contribution in [1.82, 2.24) is 4.57 Å². The van der Waals surface area contributed by atoms with E-state index in [-0.39, 0.29) is 12.5 Å². The Hall–Kier alpha value is -2.26. The van der Waals surface area contributed by atoms with E-state index in [4.69, 9.17) is 11.6 Å². The van der Waals surface area contributed by atoms with Crippen LogP contribution in [-0.2, 0) is 11.3 Å². The van der Waals surface area contributed by atoms with E-state index in [2.05, 4.69) is 17.4 Å². The predicted molar refractivity (Wildman–Crippen MR) is 91.5 cm³/mol. The zero-order chi connectivity index (χ0) is 15.7. The molecular formula is C18H17ClN2O. The highest BCUT2D eigenvalue weighted by molar-refractivity contribution is 6.31. The van der Waals surface area contributed by atoms with Crippen LogP contribution in [0.5, 0.6) is 0 Å². The summed E-state index contributed by atoms with van der Waals surface area (Å²) in [6.45, 7) is 4.24. The summed E-state index contributed by atoms with van der Waals surface area (Å²) >= 11 is 5.99. The molecule has 3 aromatic rings. The summed E-state index contributed by atoms with van der Waals surface area (Å²) in [5.74, 6) is -0.0604. The van der Waals surface area contributed by atoms with Crippen LogP contribution in [0.3, 0.4) is 0 Å². The molecule has 0 aliphatic heterocycles. The van der Waals surface area contributed by atoms with E-state index in [1.807, 2.05) is 48.7 Å². The van der Waals surface area contributed by atoms with Crippen molar-refractivity contribution in [2.75, 3.05) is 5.32 Å². The number of para-hydroxylation sites is 1. The topological polar surface area (TPSA) is 34.0 Å². The van der Waals surface area contributed by atoms with Gasteiger partial charge in [-0.2, -0.15) is 0 Å². The van der Waals surface area contributed by atoms with Gasteiger partial charge in [0, 0.05) is 21.9 Å². The Bertz CT molecular complexity index is 851. The molecule has 0 fully saturated rings. The third-order valence-electron chi connectivity index (χ3n) is 3.79. The number of hydrogen-bond acceptors (Lipinski definition) is 1. The normalized spacial score (nSPS) is 10.9. The molecule has 0 saturated carbocycles. The minimum Gasteiger partial charge on any atom is -0.335 e. The minimum atomic E-state index is -0.0604. The first-order valence-corrected chi connectivity index (χ1v) is 7.53. The SMILES string of the molecule is Cc1ccc(Cl)cc1NC(=O)Cn1c(C)cc2ccccc21. The van der Waals surface area contributed by atoms with E-state index in [0.29, 0.717) is 5.02 Å². The lowest BCUT2D eigenvalue weighted by molar-refractivity contribution is -0.116. The van der Waals surface area contributed by atoms with Crippen molar-refractivity contribution in [2.45, 2.75) is 20.4 Å². The molecule has 22 heavy (non-hydrogen) atoms. The Kier molecular flexibility index (Phi) is 3.90. The summed E-state index contributed by atoms with van der Waals surface area (Å²) in [5, 5.41) is 4.70. The zero-order valence-corrected chi connectivity index (χ0v) is 13.3. The molecule has 112 valence electrons. The maximum atomic E-state index is 12.4. The number of carbonyl (C=O) groups excluding carboxylic acids is 1. The summed E-state index contributed by atoms with van der Waals surface area (Å²) in [4.78, 5) is 12.4. The van der Waals surface area contributed by atoms with Crippen LogP contribution in [0.1, 0.15) is 11.3 Å². The van der Waals surface area contributed by atoms with Gasteiger partial charge in [-0.05, 0) is 49.1 Å². The summed E-state index contributed by atoms with van der Waals surface area (Å²) in [7, 11) is 0. The van der Waals surface area contributed by atoms with E-state index in [1.54, 1.807) is 6.07 Å². The summed E-state index contributed by atoms with van der Waals surface area (Å²) in [6.07, 6.45) is 0. The van der Waals surface area contributed by atoms with Gasteiger partial charge in [-0.3, -0.25) is 4.79 Å². The van der Waals surface area contributed by atoms with Crippen LogP contribution in [0.2, 0.25) is 5.02 Å². The highest BCUT2D eigenvalue weighted by Crippen LogP contribution is 2.22. The van der Waals surface area contributed by atoms with E-state index in [1.165, 1.54) is 0 Å². The van der Waals surface area contributed by atoms with Crippen LogP contribution < -0.4 is 5.32 Å². The standard InChI is InChI=1S/C18H17ClN2O/c1-12-7-8-15(19)10-16(12)20-18(22)11-21-13(2)9-14-5-3-4-6-17(14)21/h3-10H,11H2,1-2H3,(H,20,22). The number of nitrogens with one attached hydrogen (secondary N) is 1. The van der Waals surface area contributed by atoms with Crippen molar-refractivity contribution >= 4 is 34.1 Å². The number of hydrogen-bond donors (Lipinski definition) is 1. The number of carbonyl (C=O) groups is 1. The Morgan fingerprint density at radius 3 is 2.73 bits per heavy atom. The van der Waals surface area contributed by atoms with E-state index >= 15 is 0 Å². The highest BCUT2D eigenvalue weighted by Gasteiger charge is 2.10. The van der Waals surface area contributed by atoms with Gasteiger partial charge in [-0.1, -0.05) is 35.9 Å². The van der Waals surface area contributed by atoms with Crippen molar-refractivity contribution in [3.05, 3.63) is 64.8 Å². The zero-order valence-electron chi connectivity index (χ0n) is 12.6. The number of amides is 1. The number of aromatic nitrogens is 1. The molecule has 0 radical (unpaired) electrons. The predicted octanol–water partition coefficient (Wildman–Crippen LogP) is 4.55.